The number of esters is 1. The Kier molecular flexibility index (Phi) is 4.56. The van der Waals surface area contributed by atoms with Crippen LogP contribution in [0.2, 0.25) is 0 Å². The summed E-state index contributed by atoms with van der Waals surface area (Å²) in [6.07, 6.45) is 0. The van der Waals surface area contributed by atoms with Gasteiger partial charge in [0.05, 0.1) is 17.2 Å². The molecule has 1 rings (SSSR count). The van der Waals surface area contributed by atoms with E-state index in [1.807, 2.05) is 0 Å². The molecular formula is C10H10F2N2O5. The molecule has 104 valence electrons. The first-order valence-corrected chi connectivity index (χ1v) is 5.07. The maximum atomic E-state index is 12.1. The van der Waals surface area contributed by atoms with Gasteiger partial charge in [-0.3, -0.25) is 10.1 Å². The number of rotatable bonds is 5. The number of anilines is 1. The minimum absolute atomic E-state index is 0.0463. The van der Waals surface area contributed by atoms with Crippen LogP contribution in [-0.2, 0) is 4.74 Å². The molecule has 0 bridgehead atoms. The number of nitro benzene ring substituents is 1. The molecule has 0 atom stereocenters. The molecule has 0 aliphatic carbocycles. The first-order valence-electron chi connectivity index (χ1n) is 5.07. The molecule has 0 heterocycles. The molecule has 2 N–H and O–H groups in total. The van der Waals surface area contributed by atoms with E-state index in [0.717, 1.165) is 12.1 Å². The molecule has 0 saturated carbocycles. The summed E-state index contributed by atoms with van der Waals surface area (Å²) < 4.78 is 32.9. The summed E-state index contributed by atoms with van der Waals surface area (Å²) in [5.74, 6) is -1.60. The number of alkyl halides is 2. The van der Waals surface area contributed by atoms with Gasteiger partial charge >= 0.3 is 12.6 Å². The number of nitrogens with zero attached hydrogens (tertiary/aromatic N) is 1. The lowest BCUT2D eigenvalue weighted by molar-refractivity contribution is -0.385. The molecule has 0 unspecified atom stereocenters. The lowest BCUT2D eigenvalue weighted by Crippen LogP contribution is -2.13. The highest BCUT2D eigenvalue weighted by molar-refractivity contribution is 6.01. The molecule has 0 aliphatic rings. The second kappa shape index (κ2) is 5.94. The molecule has 0 aromatic heterocycles. The quantitative estimate of drug-likeness (QED) is 0.381. The maximum Gasteiger partial charge on any atom is 0.387 e. The Labute approximate surface area is 106 Å². The Bertz CT molecular complexity index is 507. The number of hydrogen-bond acceptors (Lipinski definition) is 6. The fourth-order valence-electron chi connectivity index (χ4n) is 1.36. The monoisotopic (exact) mass is 276 g/mol. The van der Waals surface area contributed by atoms with E-state index in [1.165, 1.54) is 6.92 Å². The minimum atomic E-state index is -3.17. The van der Waals surface area contributed by atoms with Crippen LogP contribution in [0.25, 0.3) is 0 Å². The van der Waals surface area contributed by atoms with E-state index in [0.29, 0.717) is 0 Å². The van der Waals surface area contributed by atoms with Crippen molar-refractivity contribution in [1.29, 1.82) is 0 Å². The zero-order chi connectivity index (χ0) is 14.6. The van der Waals surface area contributed by atoms with Crippen LogP contribution in [-0.4, -0.2) is 24.1 Å². The Morgan fingerprint density at radius 1 is 1.53 bits per heavy atom. The fourth-order valence-corrected chi connectivity index (χ4v) is 1.36. The van der Waals surface area contributed by atoms with Crippen molar-refractivity contribution in [2.24, 2.45) is 0 Å². The van der Waals surface area contributed by atoms with Gasteiger partial charge in [-0.2, -0.15) is 8.78 Å². The molecule has 0 saturated heterocycles. The zero-order valence-corrected chi connectivity index (χ0v) is 9.76. The molecule has 0 amide bonds. The van der Waals surface area contributed by atoms with Crippen molar-refractivity contribution in [2.45, 2.75) is 13.5 Å². The van der Waals surface area contributed by atoms with Crippen molar-refractivity contribution < 1.29 is 28.0 Å². The van der Waals surface area contributed by atoms with Gasteiger partial charge in [0.1, 0.15) is 5.75 Å². The molecule has 19 heavy (non-hydrogen) atoms. The maximum absolute atomic E-state index is 12.1. The van der Waals surface area contributed by atoms with Crippen LogP contribution < -0.4 is 10.5 Å². The Morgan fingerprint density at radius 3 is 2.63 bits per heavy atom. The summed E-state index contributed by atoms with van der Waals surface area (Å²) in [4.78, 5) is 21.5. The van der Waals surface area contributed by atoms with Crippen LogP contribution in [0.3, 0.4) is 0 Å². The van der Waals surface area contributed by atoms with Gasteiger partial charge in [-0.15, -0.1) is 0 Å². The van der Waals surface area contributed by atoms with E-state index in [-0.39, 0.29) is 6.61 Å². The van der Waals surface area contributed by atoms with E-state index in [9.17, 15) is 23.7 Å². The van der Waals surface area contributed by atoms with E-state index < -0.39 is 40.2 Å². The number of nitrogens with two attached hydrogens (primary N) is 1. The molecular weight excluding hydrogens is 266 g/mol. The van der Waals surface area contributed by atoms with Gasteiger partial charge in [0.15, 0.2) is 5.56 Å². The average molecular weight is 276 g/mol. The highest BCUT2D eigenvalue weighted by Crippen LogP contribution is 2.34. The van der Waals surface area contributed by atoms with Gasteiger partial charge in [0.2, 0.25) is 0 Å². The molecule has 0 aliphatic heterocycles. The van der Waals surface area contributed by atoms with Crippen LogP contribution in [0.5, 0.6) is 5.75 Å². The lowest BCUT2D eigenvalue weighted by atomic mass is 10.1. The number of ether oxygens (including phenoxy) is 2. The molecule has 0 fully saturated rings. The third kappa shape index (κ3) is 3.27. The van der Waals surface area contributed by atoms with Crippen molar-refractivity contribution >= 4 is 17.3 Å². The Hall–Kier alpha value is -2.45. The van der Waals surface area contributed by atoms with Crippen LogP contribution in [0.1, 0.15) is 17.3 Å². The molecule has 0 spiro atoms. The number of nitrogen functional groups attached to an aromatic ring is 1. The lowest BCUT2D eigenvalue weighted by Gasteiger charge is -2.11. The topological polar surface area (TPSA) is 105 Å². The van der Waals surface area contributed by atoms with E-state index in [4.69, 9.17) is 5.73 Å². The fraction of sp³-hybridized carbons (Fsp3) is 0.300. The summed E-state index contributed by atoms with van der Waals surface area (Å²) in [5, 5.41) is 10.8. The summed E-state index contributed by atoms with van der Waals surface area (Å²) in [6.45, 7) is -1.73. The van der Waals surface area contributed by atoms with E-state index in [2.05, 4.69) is 9.47 Å². The van der Waals surface area contributed by atoms with Gasteiger partial charge in [-0.25, -0.2) is 4.79 Å². The Balaban J connectivity index is 3.35. The van der Waals surface area contributed by atoms with Crippen LogP contribution in [0, 0.1) is 10.1 Å². The summed E-state index contributed by atoms with van der Waals surface area (Å²) in [5.41, 5.74) is 3.63. The van der Waals surface area contributed by atoms with Crippen molar-refractivity contribution in [3.05, 3.63) is 27.8 Å². The zero-order valence-electron chi connectivity index (χ0n) is 9.76. The van der Waals surface area contributed by atoms with E-state index in [1.54, 1.807) is 0 Å². The number of hydrogen-bond donors (Lipinski definition) is 1. The minimum Gasteiger partial charge on any atom is -0.462 e. The third-order valence-electron chi connectivity index (χ3n) is 2.08. The van der Waals surface area contributed by atoms with Gasteiger partial charge in [0.25, 0.3) is 5.69 Å². The first kappa shape index (κ1) is 14.6. The van der Waals surface area contributed by atoms with Crippen molar-refractivity contribution in [1.82, 2.24) is 0 Å². The SMILES string of the molecule is CCOC(=O)c1c([N+](=O)[O-])ccc(OC(F)F)c1N. The van der Waals surface area contributed by atoms with Gasteiger partial charge < -0.3 is 15.2 Å². The standard InChI is InChI=1S/C10H10F2N2O5/c1-2-18-9(15)7-5(14(16)17)3-4-6(8(7)13)19-10(11)12/h3-4,10H,2,13H2,1H3. The van der Waals surface area contributed by atoms with Gasteiger partial charge in [-0.05, 0) is 13.0 Å². The predicted octanol–water partition coefficient (Wildman–Crippen LogP) is 1.96. The highest BCUT2D eigenvalue weighted by atomic mass is 19.3. The summed E-state index contributed by atoms with van der Waals surface area (Å²) >= 11 is 0. The Morgan fingerprint density at radius 2 is 2.16 bits per heavy atom. The highest BCUT2D eigenvalue weighted by Gasteiger charge is 2.27. The second-order valence-corrected chi connectivity index (χ2v) is 3.23. The van der Waals surface area contributed by atoms with Crippen LogP contribution in [0.15, 0.2) is 12.1 Å². The predicted molar refractivity (Wildman–Crippen MR) is 60.1 cm³/mol. The summed E-state index contributed by atoms with van der Waals surface area (Å²) in [6, 6.07) is 1.74. The third-order valence-corrected chi connectivity index (χ3v) is 2.08. The molecule has 0 radical (unpaired) electrons. The summed E-state index contributed by atoms with van der Waals surface area (Å²) in [7, 11) is 0. The number of carbonyl (C=O) groups is 1. The number of halogens is 2. The average Bonchev–Trinajstić information content (AvgIpc) is 2.30. The molecule has 1 aromatic rings. The number of benzene rings is 1. The van der Waals surface area contributed by atoms with Crippen molar-refractivity contribution in [2.75, 3.05) is 12.3 Å². The molecule has 7 nitrogen and oxygen atoms in total. The van der Waals surface area contributed by atoms with Crippen molar-refractivity contribution in [3.63, 3.8) is 0 Å². The number of carbonyl (C=O) groups excluding carboxylic acids is 1. The second-order valence-electron chi connectivity index (χ2n) is 3.23. The number of nitro groups is 1. The van der Waals surface area contributed by atoms with Crippen LogP contribution >= 0.6 is 0 Å². The van der Waals surface area contributed by atoms with E-state index >= 15 is 0 Å². The largest absolute Gasteiger partial charge is 0.462 e. The van der Waals surface area contributed by atoms with Gasteiger partial charge in [-0.1, -0.05) is 0 Å². The normalized spacial score (nSPS) is 10.3. The smallest absolute Gasteiger partial charge is 0.387 e. The van der Waals surface area contributed by atoms with Gasteiger partial charge in [0, 0.05) is 6.07 Å². The first-order chi connectivity index (χ1) is 8.88. The molecule has 1 aromatic carbocycles. The molecule has 9 heteroatoms. The van der Waals surface area contributed by atoms with Crippen molar-refractivity contribution in [3.8, 4) is 5.75 Å². The van der Waals surface area contributed by atoms with Crippen LogP contribution in [0.4, 0.5) is 20.2 Å².